The van der Waals surface area contributed by atoms with Gasteiger partial charge in [-0.3, -0.25) is 4.98 Å². The van der Waals surface area contributed by atoms with Gasteiger partial charge in [-0.2, -0.15) is 0 Å². The van der Waals surface area contributed by atoms with E-state index in [-0.39, 0.29) is 0 Å². The van der Waals surface area contributed by atoms with Crippen LogP contribution >= 0.6 is 23.5 Å². The number of fused-ring (bicyclic) bond motifs is 1. The number of thioether (sulfide) groups is 2. The summed E-state index contributed by atoms with van der Waals surface area (Å²) in [6, 6.07) is 10.4. The van der Waals surface area contributed by atoms with Crippen LogP contribution in [0.1, 0.15) is 43.4 Å². The van der Waals surface area contributed by atoms with E-state index in [2.05, 4.69) is 45.8 Å². The molecule has 0 bridgehead atoms. The minimum absolute atomic E-state index is 0.783. The summed E-state index contributed by atoms with van der Waals surface area (Å²) in [5.41, 5.74) is 4.63. The summed E-state index contributed by atoms with van der Waals surface area (Å²) < 4.78 is 0. The van der Waals surface area contributed by atoms with E-state index >= 15 is 0 Å². The quantitative estimate of drug-likeness (QED) is 0.561. The predicted octanol–water partition coefficient (Wildman–Crippen LogP) is 5.98. The Labute approximate surface area is 157 Å². The van der Waals surface area contributed by atoms with Crippen LogP contribution in [0.5, 0.6) is 0 Å². The Morgan fingerprint density at radius 1 is 1.12 bits per heavy atom. The number of para-hydroxylation sites is 2. The minimum Gasteiger partial charge on any atom is -0.333 e. The van der Waals surface area contributed by atoms with E-state index in [1.807, 2.05) is 24.4 Å². The molecule has 4 rings (SSSR count). The first-order chi connectivity index (χ1) is 12.3. The second-order valence-corrected chi connectivity index (χ2v) is 8.91. The van der Waals surface area contributed by atoms with Crippen molar-refractivity contribution in [1.29, 1.82) is 0 Å². The first-order valence-electron chi connectivity index (χ1n) is 8.98. The number of nitrogens with zero attached hydrogens (tertiary/aromatic N) is 2. The van der Waals surface area contributed by atoms with Gasteiger partial charge < -0.3 is 4.98 Å². The maximum absolute atomic E-state index is 4.65. The number of nitrogens with one attached hydrogen (secondary N) is 1. The maximum Gasteiger partial charge on any atom is 0.166 e. The van der Waals surface area contributed by atoms with Gasteiger partial charge >= 0.3 is 0 Å². The van der Waals surface area contributed by atoms with Crippen molar-refractivity contribution in [2.75, 3.05) is 0 Å². The van der Waals surface area contributed by atoms with Crippen molar-refractivity contribution in [2.24, 2.45) is 0 Å². The molecular formula is C20H23N3S2. The lowest BCUT2D eigenvalue weighted by Gasteiger charge is -2.22. The normalized spacial score (nSPS) is 15.7. The van der Waals surface area contributed by atoms with Gasteiger partial charge in [-0.1, -0.05) is 43.2 Å². The molecular weight excluding hydrogens is 346 g/mol. The topological polar surface area (TPSA) is 41.6 Å². The molecule has 1 saturated carbocycles. The molecule has 2 heterocycles. The highest BCUT2D eigenvalue weighted by molar-refractivity contribution is 8.00. The van der Waals surface area contributed by atoms with Crippen LogP contribution in [-0.2, 0) is 5.75 Å². The van der Waals surface area contributed by atoms with Crippen LogP contribution in [0.15, 0.2) is 46.6 Å². The van der Waals surface area contributed by atoms with Gasteiger partial charge in [0.25, 0.3) is 0 Å². The van der Waals surface area contributed by atoms with Crippen LogP contribution < -0.4 is 0 Å². The standard InChI is InChI=1S/C20H23N3S2/c1-14-18(13-24-20-22-16-9-5-6-10-17(16)23-20)21-12-11-19(14)25-15-7-3-2-4-8-15/h5-6,9-12,15H,2-4,7-8,13H2,1H3,(H,22,23). The number of imidazole rings is 1. The molecule has 130 valence electrons. The zero-order valence-corrected chi connectivity index (χ0v) is 16.1. The third-order valence-corrected chi connectivity index (χ3v) is 7.20. The fraction of sp³-hybridized carbons (Fsp3) is 0.400. The van der Waals surface area contributed by atoms with Crippen molar-refractivity contribution in [3.63, 3.8) is 0 Å². The van der Waals surface area contributed by atoms with Crippen LogP contribution in [0.4, 0.5) is 0 Å². The van der Waals surface area contributed by atoms with E-state index in [0.717, 1.165) is 27.2 Å². The Hall–Kier alpha value is -1.46. The summed E-state index contributed by atoms with van der Waals surface area (Å²) in [7, 11) is 0. The number of aromatic nitrogens is 3. The highest BCUT2D eigenvalue weighted by Crippen LogP contribution is 2.36. The second-order valence-electron chi connectivity index (χ2n) is 6.61. The van der Waals surface area contributed by atoms with Gasteiger partial charge in [0, 0.05) is 22.1 Å². The third kappa shape index (κ3) is 4.04. The molecule has 3 aromatic rings. The molecule has 0 atom stereocenters. The Morgan fingerprint density at radius 3 is 2.80 bits per heavy atom. The Balaban J connectivity index is 1.45. The molecule has 0 spiro atoms. The molecule has 0 radical (unpaired) electrons. The number of pyridine rings is 1. The summed E-state index contributed by atoms with van der Waals surface area (Å²) in [6.45, 7) is 2.21. The molecule has 1 N–H and O–H groups in total. The smallest absolute Gasteiger partial charge is 0.166 e. The lowest BCUT2D eigenvalue weighted by molar-refractivity contribution is 0.516. The Morgan fingerprint density at radius 2 is 1.96 bits per heavy atom. The van der Waals surface area contributed by atoms with E-state index in [4.69, 9.17) is 0 Å². The lowest BCUT2D eigenvalue weighted by atomic mass is 10.0. The zero-order valence-electron chi connectivity index (χ0n) is 14.5. The molecule has 3 nitrogen and oxygen atoms in total. The molecule has 0 amide bonds. The monoisotopic (exact) mass is 369 g/mol. The van der Waals surface area contributed by atoms with Crippen molar-refractivity contribution < 1.29 is 0 Å². The van der Waals surface area contributed by atoms with Gasteiger partial charge in [0.05, 0.1) is 16.7 Å². The minimum atomic E-state index is 0.783. The van der Waals surface area contributed by atoms with Crippen LogP contribution in [0.3, 0.4) is 0 Å². The number of rotatable bonds is 5. The highest BCUT2D eigenvalue weighted by Gasteiger charge is 2.17. The summed E-state index contributed by atoms with van der Waals surface area (Å²) in [5, 5.41) is 1.75. The van der Waals surface area contributed by atoms with Gasteiger partial charge in [-0.25, -0.2) is 4.98 Å². The SMILES string of the molecule is Cc1c(SC2CCCCC2)ccnc1CSc1nc2ccccc2[nH]1. The van der Waals surface area contributed by atoms with E-state index < -0.39 is 0 Å². The van der Waals surface area contributed by atoms with Crippen molar-refractivity contribution in [3.05, 3.63) is 47.8 Å². The molecule has 0 aliphatic heterocycles. The van der Waals surface area contributed by atoms with Gasteiger partial charge in [0.1, 0.15) is 0 Å². The third-order valence-electron chi connectivity index (χ3n) is 4.82. The fourth-order valence-corrected chi connectivity index (χ4v) is 5.60. The molecule has 1 fully saturated rings. The number of H-pyrrole nitrogens is 1. The van der Waals surface area contributed by atoms with Crippen LogP contribution in [0.2, 0.25) is 0 Å². The Bertz CT molecular complexity index is 820. The molecule has 25 heavy (non-hydrogen) atoms. The molecule has 1 aromatic carbocycles. The van der Waals surface area contributed by atoms with Gasteiger partial charge in [0.15, 0.2) is 5.16 Å². The summed E-state index contributed by atoms with van der Waals surface area (Å²) in [6.07, 6.45) is 8.86. The summed E-state index contributed by atoms with van der Waals surface area (Å²) in [5.74, 6) is 0.852. The van der Waals surface area contributed by atoms with E-state index in [0.29, 0.717) is 0 Å². The van der Waals surface area contributed by atoms with Crippen molar-refractivity contribution in [2.45, 2.75) is 60.1 Å². The number of hydrogen-bond acceptors (Lipinski definition) is 4. The second kappa shape index (κ2) is 7.83. The van der Waals surface area contributed by atoms with Crippen molar-refractivity contribution in [1.82, 2.24) is 15.0 Å². The average molecular weight is 370 g/mol. The molecule has 0 saturated heterocycles. The largest absolute Gasteiger partial charge is 0.333 e. The predicted molar refractivity (Wildman–Crippen MR) is 107 cm³/mol. The lowest BCUT2D eigenvalue weighted by Crippen LogP contribution is -2.08. The maximum atomic E-state index is 4.65. The fourth-order valence-electron chi connectivity index (χ4n) is 3.33. The summed E-state index contributed by atoms with van der Waals surface area (Å²) >= 11 is 3.79. The van der Waals surface area contributed by atoms with Gasteiger partial charge in [0.2, 0.25) is 0 Å². The molecule has 1 aliphatic carbocycles. The van der Waals surface area contributed by atoms with Crippen molar-refractivity contribution >= 4 is 34.6 Å². The molecule has 1 aliphatic rings. The summed E-state index contributed by atoms with van der Waals surface area (Å²) in [4.78, 5) is 14.1. The van der Waals surface area contributed by atoms with Crippen molar-refractivity contribution in [3.8, 4) is 0 Å². The first kappa shape index (κ1) is 17.0. The Kier molecular flexibility index (Phi) is 5.32. The van der Waals surface area contributed by atoms with Crippen LogP contribution in [0, 0.1) is 6.92 Å². The molecule has 0 unspecified atom stereocenters. The highest BCUT2D eigenvalue weighted by atomic mass is 32.2. The van der Waals surface area contributed by atoms with E-state index in [9.17, 15) is 0 Å². The van der Waals surface area contributed by atoms with E-state index in [1.54, 1.807) is 11.8 Å². The molecule has 5 heteroatoms. The average Bonchev–Trinajstić information content (AvgIpc) is 3.06. The van der Waals surface area contributed by atoms with Crippen LogP contribution in [0.25, 0.3) is 11.0 Å². The van der Waals surface area contributed by atoms with Crippen LogP contribution in [-0.4, -0.2) is 20.2 Å². The first-order valence-corrected chi connectivity index (χ1v) is 10.8. The van der Waals surface area contributed by atoms with Gasteiger partial charge in [-0.05, 0) is 43.5 Å². The van der Waals surface area contributed by atoms with E-state index in [1.165, 1.54) is 48.3 Å². The number of aromatic amines is 1. The number of benzene rings is 1. The number of hydrogen-bond donors (Lipinski definition) is 1. The van der Waals surface area contributed by atoms with Gasteiger partial charge in [-0.15, -0.1) is 11.8 Å². The molecule has 2 aromatic heterocycles. The zero-order chi connectivity index (χ0) is 17.1.